The highest BCUT2D eigenvalue weighted by molar-refractivity contribution is 5.94. The Hall–Kier alpha value is -1.63. The Kier molecular flexibility index (Phi) is 6.38. The number of aliphatic hydroxyl groups excluding tert-OH is 2. The number of benzene rings is 1. The molecule has 1 aliphatic heterocycles. The molecule has 1 amide bonds. The minimum absolute atomic E-state index is 0.128. The predicted molar refractivity (Wildman–Crippen MR) is 85.4 cm³/mol. The zero-order chi connectivity index (χ0) is 16.8. The topological polar surface area (TPSA) is 88.0 Å². The highest BCUT2D eigenvalue weighted by atomic mass is 16.5. The number of amides is 1. The maximum absolute atomic E-state index is 12.1. The van der Waals surface area contributed by atoms with Gasteiger partial charge in [-0.25, -0.2) is 0 Å². The maximum Gasteiger partial charge on any atom is 0.251 e. The summed E-state index contributed by atoms with van der Waals surface area (Å²) < 4.78 is 10.8. The van der Waals surface area contributed by atoms with Crippen molar-refractivity contribution in [1.29, 1.82) is 0 Å². The molecule has 0 radical (unpaired) electrons. The quantitative estimate of drug-likeness (QED) is 0.721. The van der Waals surface area contributed by atoms with Gasteiger partial charge < -0.3 is 25.0 Å². The summed E-state index contributed by atoms with van der Waals surface area (Å²) in [5.41, 5.74) is 0.522. The van der Waals surface area contributed by atoms with E-state index in [1.54, 1.807) is 24.3 Å². The number of aliphatic hydroxyl groups is 2. The molecule has 1 aromatic rings. The van der Waals surface area contributed by atoms with Gasteiger partial charge in [-0.15, -0.1) is 0 Å². The van der Waals surface area contributed by atoms with E-state index in [0.717, 1.165) is 5.75 Å². The Morgan fingerprint density at radius 1 is 1.30 bits per heavy atom. The first-order chi connectivity index (χ1) is 11.0. The van der Waals surface area contributed by atoms with Gasteiger partial charge in [0, 0.05) is 18.0 Å². The first kappa shape index (κ1) is 17.7. The van der Waals surface area contributed by atoms with E-state index in [1.165, 1.54) is 0 Å². The molecule has 1 heterocycles. The molecule has 2 rings (SSSR count). The van der Waals surface area contributed by atoms with Gasteiger partial charge in [0.25, 0.3) is 5.91 Å². The van der Waals surface area contributed by atoms with Gasteiger partial charge in [0.1, 0.15) is 11.9 Å². The molecular formula is C17H25NO5. The monoisotopic (exact) mass is 323 g/mol. The SMILES string of the molecule is CC(C)COc1ccc(C(=O)NC[C@@H]2COC[C@@H](O)[C@H]2O)cc1. The average Bonchev–Trinajstić information content (AvgIpc) is 2.54. The second-order valence-corrected chi connectivity index (χ2v) is 6.29. The van der Waals surface area contributed by atoms with E-state index in [-0.39, 0.29) is 25.0 Å². The number of nitrogens with one attached hydrogen (secondary N) is 1. The first-order valence-corrected chi connectivity index (χ1v) is 7.92. The van der Waals surface area contributed by atoms with E-state index in [1.807, 2.05) is 0 Å². The lowest BCUT2D eigenvalue weighted by Crippen LogP contribution is -2.48. The van der Waals surface area contributed by atoms with Crippen molar-refractivity contribution >= 4 is 5.91 Å². The van der Waals surface area contributed by atoms with Crippen LogP contribution in [0.4, 0.5) is 0 Å². The third kappa shape index (κ3) is 5.20. The molecule has 3 atom stereocenters. The molecule has 0 unspecified atom stereocenters. The van der Waals surface area contributed by atoms with Crippen molar-refractivity contribution in [3.63, 3.8) is 0 Å². The van der Waals surface area contributed by atoms with Gasteiger partial charge in [-0.2, -0.15) is 0 Å². The molecule has 128 valence electrons. The zero-order valence-electron chi connectivity index (χ0n) is 13.6. The van der Waals surface area contributed by atoms with Gasteiger partial charge in [-0.05, 0) is 30.2 Å². The Labute approximate surface area is 136 Å². The van der Waals surface area contributed by atoms with Crippen molar-refractivity contribution in [1.82, 2.24) is 5.32 Å². The number of ether oxygens (including phenoxy) is 2. The molecule has 3 N–H and O–H groups in total. The van der Waals surface area contributed by atoms with Crippen molar-refractivity contribution in [3.8, 4) is 5.75 Å². The summed E-state index contributed by atoms with van der Waals surface area (Å²) in [6, 6.07) is 6.93. The maximum atomic E-state index is 12.1. The van der Waals surface area contributed by atoms with Crippen LogP contribution in [0.15, 0.2) is 24.3 Å². The van der Waals surface area contributed by atoms with E-state index in [0.29, 0.717) is 24.7 Å². The predicted octanol–water partition coefficient (Wildman–Crippen LogP) is 0.819. The Morgan fingerprint density at radius 2 is 2.00 bits per heavy atom. The number of rotatable bonds is 6. The summed E-state index contributed by atoms with van der Waals surface area (Å²) in [6.07, 6.45) is -1.78. The lowest BCUT2D eigenvalue weighted by molar-refractivity contribution is -0.118. The number of hydrogen-bond acceptors (Lipinski definition) is 5. The van der Waals surface area contributed by atoms with E-state index in [9.17, 15) is 15.0 Å². The number of hydrogen-bond donors (Lipinski definition) is 3. The third-order valence-corrected chi connectivity index (χ3v) is 3.72. The normalized spacial score (nSPS) is 24.5. The average molecular weight is 323 g/mol. The van der Waals surface area contributed by atoms with E-state index < -0.39 is 12.2 Å². The fourth-order valence-corrected chi connectivity index (χ4v) is 2.32. The van der Waals surface area contributed by atoms with Crippen LogP contribution in [0.3, 0.4) is 0 Å². The standard InChI is InChI=1S/C17H25NO5/c1-11(2)8-23-14-5-3-12(4-6-14)17(21)18-7-13-9-22-10-15(19)16(13)20/h3-6,11,13,15-16,19-20H,7-10H2,1-2H3,(H,18,21)/t13-,15-,16+/m1/s1. The fraction of sp³-hybridized carbons (Fsp3) is 0.588. The van der Waals surface area contributed by atoms with Gasteiger partial charge in [-0.1, -0.05) is 13.8 Å². The van der Waals surface area contributed by atoms with Crippen LogP contribution >= 0.6 is 0 Å². The van der Waals surface area contributed by atoms with Crippen LogP contribution in [-0.4, -0.2) is 54.7 Å². The second kappa shape index (κ2) is 8.29. The van der Waals surface area contributed by atoms with Crippen molar-refractivity contribution in [2.24, 2.45) is 11.8 Å². The van der Waals surface area contributed by atoms with Gasteiger partial charge in [0.05, 0.1) is 25.9 Å². The minimum Gasteiger partial charge on any atom is -0.493 e. The molecule has 0 saturated carbocycles. The van der Waals surface area contributed by atoms with Crippen molar-refractivity contribution in [2.75, 3.05) is 26.4 Å². The van der Waals surface area contributed by atoms with Crippen LogP contribution in [0.2, 0.25) is 0 Å². The van der Waals surface area contributed by atoms with E-state index in [2.05, 4.69) is 19.2 Å². The molecule has 0 aliphatic carbocycles. The Balaban J connectivity index is 1.83. The molecule has 23 heavy (non-hydrogen) atoms. The first-order valence-electron chi connectivity index (χ1n) is 7.92. The highest BCUT2D eigenvalue weighted by Crippen LogP contribution is 2.16. The zero-order valence-corrected chi connectivity index (χ0v) is 13.6. The summed E-state index contributed by atoms with van der Waals surface area (Å²) >= 11 is 0. The van der Waals surface area contributed by atoms with Crippen molar-refractivity contribution < 1.29 is 24.5 Å². The van der Waals surface area contributed by atoms with Crippen LogP contribution in [0.5, 0.6) is 5.75 Å². The molecule has 6 heteroatoms. The smallest absolute Gasteiger partial charge is 0.251 e. The van der Waals surface area contributed by atoms with Crippen molar-refractivity contribution in [2.45, 2.75) is 26.1 Å². The van der Waals surface area contributed by atoms with Crippen LogP contribution in [0, 0.1) is 11.8 Å². The third-order valence-electron chi connectivity index (χ3n) is 3.72. The van der Waals surface area contributed by atoms with Crippen LogP contribution in [0.25, 0.3) is 0 Å². The van der Waals surface area contributed by atoms with Crippen LogP contribution in [-0.2, 0) is 4.74 Å². The summed E-state index contributed by atoms with van der Waals surface area (Å²) in [5, 5.41) is 22.2. The van der Waals surface area contributed by atoms with Gasteiger partial charge in [0.15, 0.2) is 0 Å². The van der Waals surface area contributed by atoms with Gasteiger partial charge in [-0.3, -0.25) is 4.79 Å². The molecule has 1 saturated heterocycles. The summed E-state index contributed by atoms with van der Waals surface area (Å²) in [6.45, 7) is 5.48. The fourth-order valence-electron chi connectivity index (χ4n) is 2.32. The molecule has 0 spiro atoms. The highest BCUT2D eigenvalue weighted by Gasteiger charge is 2.31. The van der Waals surface area contributed by atoms with Gasteiger partial charge in [0.2, 0.25) is 0 Å². The molecule has 0 aromatic heterocycles. The molecule has 6 nitrogen and oxygen atoms in total. The molecular weight excluding hydrogens is 298 g/mol. The largest absolute Gasteiger partial charge is 0.493 e. The second-order valence-electron chi connectivity index (χ2n) is 6.29. The molecule has 0 bridgehead atoms. The molecule has 1 aromatic carbocycles. The number of carbonyl (C=O) groups is 1. The Morgan fingerprint density at radius 3 is 2.65 bits per heavy atom. The summed E-state index contributed by atoms with van der Waals surface area (Å²) in [5.74, 6) is 0.635. The molecule has 1 fully saturated rings. The van der Waals surface area contributed by atoms with Crippen molar-refractivity contribution in [3.05, 3.63) is 29.8 Å². The summed E-state index contributed by atoms with van der Waals surface area (Å²) in [7, 11) is 0. The lowest BCUT2D eigenvalue weighted by atomic mass is 9.96. The lowest BCUT2D eigenvalue weighted by Gasteiger charge is -2.31. The number of carbonyl (C=O) groups excluding carboxylic acids is 1. The van der Waals surface area contributed by atoms with Gasteiger partial charge >= 0.3 is 0 Å². The van der Waals surface area contributed by atoms with E-state index in [4.69, 9.17) is 9.47 Å². The van der Waals surface area contributed by atoms with Crippen LogP contribution in [0.1, 0.15) is 24.2 Å². The summed E-state index contributed by atoms with van der Waals surface area (Å²) in [4.78, 5) is 12.1. The Bertz CT molecular complexity index is 502. The van der Waals surface area contributed by atoms with Crippen LogP contribution < -0.4 is 10.1 Å². The molecule has 1 aliphatic rings. The minimum atomic E-state index is -0.900. The van der Waals surface area contributed by atoms with E-state index >= 15 is 0 Å².